The number of nitrogens with zero attached hydrogens (tertiary/aromatic N) is 3. The minimum Gasteiger partial charge on any atom is -0.497 e. The lowest BCUT2D eigenvalue weighted by molar-refractivity contribution is -0.113. The number of nitrogens with one attached hydrogen (secondary N) is 1. The molecule has 1 unspecified atom stereocenters. The number of aromatic nitrogens is 3. The number of hydrogen-bond acceptors (Lipinski definition) is 8. The quantitative estimate of drug-likeness (QED) is 0.415. The predicted molar refractivity (Wildman–Crippen MR) is 127 cm³/mol. The fourth-order valence-corrected chi connectivity index (χ4v) is 3.97. The number of carbonyl (C=O) groups is 1. The summed E-state index contributed by atoms with van der Waals surface area (Å²) in [6.07, 6.45) is -0.339. The number of ether oxygens (including phenoxy) is 4. The van der Waals surface area contributed by atoms with E-state index in [9.17, 15) is 4.79 Å². The van der Waals surface area contributed by atoms with Crippen LogP contribution in [-0.4, -0.2) is 47.8 Å². The van der Waals surface area contributed by atoms with Crippen LogP contribution in [0.15, 0.2) is 47.6 Å². The van der Waals surface area contributed by atoms with Gasteiger partial charge in [0.2, 0.25) is 5.91 Å². The summed E-state index contributed by atoms with van der Waals surface area (Å²) in [5.41, 5.74) is 0.542. The summed E-state index contributed by atoms with van der Waals surface area (Å²) in [6.45, 7) is 4.55. The first kappa shape index (κ1) is 24.2. The molecule has 1 N–H and O–H groups in total. The van der Waals surface area contributed by atoms with E-state index in [1.165, 1.54) is 11.8 Å². The number of thioether (sulfide) groups is 1. The van der Waals surface area contributed by atoms with Gasteiger partial charge in [0.25, 0.3) is 0 Å². The molecule has 1 aromatic heterocycles. The van der Waals surface area contributed by atoms with E-state index >= 15 is 0 Å². The van der Waals surface area contributed by atoms with Crippen LogP contribution in [-0.2, 0) is 11.3 Å². The number of hydrogen-bond donors (Lipinski definition) is 1. The first-order chi connectivity index (χ1) is 16.0. The summed E-state index contributed by atoms with van der Waals surface area (Å²) in [5.74, 6) is 3.21. The minimum absolute atomic E-state index is 0.156. The molecule has 3 rings (SSSR count). The van der Waals surface area contributed by atoms with Crippen LogP contribution in [0.25, 0.3) is 0 Å². The maximum Gasteiger partial charge on any atom is 0.234 e. The van der Waals surface area contributed by atoms with E-state index in [4.69, 9.17) is 18.9 Å². The van der Waals surface area contributed by atoms with Gasteiger partial charge in [-0.2, -0.15) is 0 Å². The van der Waals surface area contributed by atoms with Crippen molar-refractivity contribution in [3.63, 3.8) is 0 Å². The Morgan fingerprint density at radius 2 is 1.76 bits per heavy atom. The average molecular weight is 473 g/mol. The molecule has 0 aliphatic carbocycles. The van der Waals surface area contributed by atoms with E-state index in [1.54, 1.807) is 39.5 Å². The molecule has 10 heteroatoms. The molecule has 1 atom stereocenters. The van der Waals surface area contributed by atoms with Crippen molar-refractivity contribution >= 4 is 23.4 Å². The van der Waals surface area contributed by atoms with E-state index in [0.29, 0.717) is 46.2 Å². The van der Waals surface area contributed by atoms with Crippen molar-refractivity contribution < 1.29 is 23.7 Å². The first-order valence-electron chi connectivity index (χ1n) is 10.4. The number of amides is 1. The third kappa shape index (κ3) is 6.10. The third-order valence-electron chi connectivity index (χ3n) is 4.79. The van der Waals surface area contributed by atoms with Crippen LogP contribution >= 0.6 is 11.8 Å². The van der Waals surface area contributed by atoms with Crippen LogP contribution in [0.1, 0.15) is 25.8 Å². The van der Waals surface area contributed by atoms with Crippen LogP contribution in [0.2, 0.25) is 0 Å². The van der Waals surface area contributed by atoms with E-state index in [-0.39, 0.29) is 17.8 Å². The van der Waals surface area contributed by atoms with Crippen molar-refractivity contribution in [2.24, 2.45) is 0 Å². The largest absolute Gasteiger partial charge is 0.497 e. The van der Waals surface area contributed by atoms with Crippen molar-refractivity contribution in [3.05, 3.63) is 48.3 Å². The molecular formula is C23H28N4O5S. The maximum absolute atomic E-state index is 12.6. The number of methoxy groups -OCH3 is 3. The fourth-order valence-electron chi connectivity index (χ4n) is 3.16. The lowest BCUT2D eigenvalue weighted by Crippen LogP contribution is -2.16. The van der Waals surface area contributed by atoms with Crippen molar-refractivity contribution in [2.45, 2.75) is 31.7 Å². The summed E-state index contributed by atoms with van der Waals surface area (Å²) < 4.78 is 23.8. The number of benzene rings is 2. The number of carbonyl (C=O) groups excluding carboxylic acids is 1. The van der Waals surface area contributed by atoms with Gasteiger partial charge in [-0.3, -0.25) is 4.79 Å². The first-order valence-corrected chi connectivity index (χ1v) is 11.4. The molecule has 0 aliphatic heterocycles. The summed E-state index contributed by atoms with van der Waals surface area (Å²) in [6, 6.07) is 12.6. The topological polar surface area (TPSA) is 96.7 Å². The van der Waals surface area contributed by atoms with Gasteiger partial charge in [0.15, 0.2) is 17.1 Å². The summed E-state index contributed by atoms with van der Waals surface area (Å²) in [7, 11) is 4.73. The second-order valence-corrected chi connectivity index (χ2v) is 7.87. The second kappa shape index (κ2) is 11.5. The normalized spacial score (nSPS) is 11.5. The molecule has 0 fully saturated rings. The van der Waals surface area contributed by atoms with E-state index < -0.39 is 0 Å². The van der Waals surface area contributed by atoms with Crippen LogP contribution in [0.4, 0.5) is 5.69 Å². The van der Waals surface area contributed by atoms with Gasteiger partial charge in [0, 0.05) is 18.7 Å². The molecule has 0 aliphatic rings. The lowest BCUT2D eigenvalue weighted by Gasteiger charge is -2.16. The Hall–Kier alpha value is -3.40. The zero-order valence-electron chi connectivity index (χ0n) is 19.3. The number of anilines is 1. The zero-order valence-corrected chi connectivity index (χ0v) is 20.1. The summed E-state index contributed by atoms with van der Waals surface area (Å²) >= 11 is 1.30. The molecule has 1 heterocycles. The van der Waals surface area contributed by atoms with Gasteiger partial charge in [0.05, 0.1) is 32.8 Å². The molecule has 9 nitrogen and oxygen atoms in total. The van der Waals surface area contributed by atoms with E-state index in [1.807, 2.05) is 42.7 Å². The Labute approximate surface area is 197 Å². The smallest absolute Gasteiger partial charge is 0.234 e. The minimum atomic E-state index is -0.339. The van der Waals surface area contributed by atoms with Gasteiger partial charge in [-0.05, 0) is 38.1 Å². The molecule has 176 valence electrons. The Bertz CT molecular complexity index is 1090. The van der Waals surface area contributed by atoms with Crippen LogP contribution in [0.3, 0.4) is 0 Å². The zero-order chi connectivity index (χ0) is 23.8. The molecular weight excluding hydrogens is 444 g/mol. The van der Waals surface area contributed by atoms with Crippen LogP contribution in [0, 0.1) is 0 Å². The summed E-state index contributed by atoms with van der Waals surface area (Å²) in [5, 5.41) is 12.1. The molecule has 2 aromatic carbocycles. The Morgan fingerprint density at radius 3 is 2.45 bits per heavy atom. The van der Waals surface area contributed by atoms with Gasteiger partial charge in [-0.1, -0.05) is 17.8 Å². The average Bonchev–Trinajstić information content (AvgIpc) is 3.26. The highest BCUT2D eigenvalue weighted by Gasteiger charge is 2.20. The Balaban J connectivity index is 1.66. The molecule has 3 aromatic rings. The highest BCUT2D eigenvalue weighted by atomic mass is 32.2. The van der Waals surface area contributed by atoms with Crippen molar-refractivity contribution in [2.75, 3.05) is 32.4 Å². The standard InChI is InChI=1S/C23H28N4O5S/c1-6-27-22(15(2)32-18-9-7-8-16(12-18)29-3)25-26-23(27)33-14-21(28)24-19-13-17(30-4)10-11-20(19)31-5/h7-13,15H,6,14H2,1-5H3,(H,24,28). The van der Waals surface area contributed by atoms with Crippen molar-refractivity contribution in [1.82, 2.24) is 14.8 Å². The molecule has 0 bridgehead atoms. The maximum atomic E-state index is 12.6. The van der Waals surface area contributed by atoms with Crippen LogP contribution < -0.4 is 24.3 Å². The second-order valence-electron chi connectivity index (χ2n) is 6.93. The molecule has 0 spiro atoms. The molecule has 1 amide bonds. The van der Waals surface area contributed by atoms with Crippen LogP contribution in [0.5, 0.6) is 23.0 Å². The van der Waals surface area contributed by atoms with Gasteiger partial charge < -0.3 is 28.8 Å². The van der Waals surface area contributed by atoms with E-state index in [0.717, 1.165) is 0 Å². The Morgan fingerprint density at radius 1 is 1.03 bits per heavy atom. The third-order valence-corrected chi connectivity index (χ3v) is 5.76. The lowest BCUT2D eigenvalue weighted by atomic mass is 10.2. The van der Waals surface area contributed by atoms with Gasteiger partial charge in [-0.25, -0.2) is 0 Å². The molecule has 33 heavy (non-hydrogen) atoms. The van der Waals surface area contributed by atoms with Crippen molar-refractivity contribution in [3.8, 4) is 23.0 Å². The van der Waals surface area contributed by atoms with Gasteiger partial charge >= 0.3 is 0 Å². The molecule has 0 saturated heterocycles. The monoisotopic (exact) mass is 472 g/mol. The summed E-state index contributed by atoms with van der Waals surface area (Å²) in [4.78, 5) is 12.6. The Kier molecular flexibility index (Phi) is 8.42. The van der Waals surface area contributed by atoms with E-state index in [2.05, 4.69) is 15.5 Å². The molecule has 0 saturated carbocycles. The van der Waals surface area contributed by atoms with Gasteiger partial charge in [0.1, 0.15) is 23.0 Å². The SMILES string of the molecule is CCn1c(SCC(=O)Nc2cc(OC)ccc2OC)nnc1C(C)Oc1cccc(OC)c1. The van der Waals surface area contributed by atoms with Crippen molar-refractivity contribution in [1.29, 1.82) is 0 Å². The fraction of sp³-hybridized carbons (Fsp3) is 0.348. The molecule has 0 radical (unpaired) electrons. The van der Waals surface area contributed by atoms with Gasteiger partial charge in [-0.15, -0.1) is 10.2 Å². The highest BCUT2D eigenvalue weighted by molar-refractivity contribution is 7.99. The highest BCUT2D eigenvalue weighted by Crippen LogP contribution is 2.30. The number of rotatable bonds is 11. The predicted octanol–water partition coefficient (Wildman–Crippen LogP) is 4.19.